The molecule has 2 heterocycles. The van der Waals surface area contributed by atoms with Crippen LogP contribution in [0.5, 0.6) is 0 Å². The third-order valence-corrected chi connectivity index (χ3v) is 4.00. The third-order valence-electron chi connectivity index (χ3n) is 4.00. The number of hydrogen-bond donors (Lipinski definition) is 1. The molecule has 0 saturated heterocycles. The summed E-state index contributed by atoms with van der Waals surface area (Å²) >= 11 is 0. The molecular weight excluding hydrogens is 310 g/mol. The summed E-state index contributed by atoms with van der Waals surface area (Å²) in [5.74, 6) is 0.926. The van der Waals surface area contributed by atoms with Gasteiger partial charge in [0.15, 0.2) is 5.96 Å². The average molecular weight is 335 g/mol. The average Bonchev–Trinajstić information content (AvgIpc) is 3.04. The third kappa shape index (κ3) is 4.59. The number of pyridine rings is 1. The molecule has 0 saturated carbocycles. The summed E-state index contributed by atoms with van der Waals surface area (Å²) in [6.07, 6.45) is 4.92. The monoisotopic (exact) mass is 335 g/mol. The molecule has 3 aromatic rings. The lowest BCUT2D eigenvalue weighted by Gasteiger charge is -2.22. The Labute approximate surface area is 149 Å². The number of guanidine groups is 1. The molecule has 1 aromatic carbocycles. The lowest BCUT2D eigenvalue weighted by atomic mass is 10.2. The predicted octanol–water partition coefficient (Wildman–Crippen LogP) is 2.97. The van der Waals surface area contributed by atoms with Crippen molar-refractivity contribution in [3.8, 4) is 0 Å². The molecule has 0 aliphatic heterocycles. The number of rotatable bonds is 6. The normalized spacial score (nSPS) is 11.7. The molecule has 0 aliphatic rings. The fourth-order valence-corrected chi connectivity index (χ4v) is 2.79. The molecule has 5 nitrogen and oxygen atoms in total. The Balaban J connectivity index is 1.63. The number of nitrogens with one attached hydrogen (secondary N) is 1. The van der Waals surface area contributed by atoms with Crippen LogP contribution in [0.15, 0.2) is 65.9 Å². The first-order valence-corrected chi connectivity index (χ1v) is 8.72. The lowest BCUT2D eigenvalue weighted by Crippen LogP contribution is -2.38. The van der Waals surface area contributed by atoms with Crippen molar-refractivity contribution in [3.05, 3.63) is 72.2 Å². The quantitative estimate of drug-likeness (QED) is 0.556. The summed E-state index contributed by atoms with van der Waals surface area (Å²) in [7, 11) is 2.07. The van der Waals surface area contributed by atoms with Crippen molar-refractivity contribution in [1.29, 1.82) is 0 Å². The van der Waals surface area contributed by atoms with Crippen LogP contribution >= 0.6 is 0 Å². The second kappa shape index (κ2) is 8.33. The topological polar surface area (TPSA) is 44.9 Å². The molecule has 0 fully saturated rings. The Bertz CT molecular complexity index is 789. The van der Waals surface area contributed by atoms with E-state index in [1.807, 2.05) is 34.9 Å². The number of aromatic nitrogens is 2. The fourth-order valence-electron chi connectivity index (χ4n) is 2.79. The predicted molar refractivity (Wildman–Crippen MR) is 103 cm³/mol. The molecule has 0 radical (unpaired) electrons. The van der Waals surface area contributed by atoms with Crippen molar-refractivity contribution in [2.24, 2.45) is 4.99 Å². The zero-order valence-corrected chi connectivity index (χ0v) is 14.9. The maximum absolute atomic E-state index is 4.76. The lowest BCUT2D eigenvalue weighted by molar-refractivity contribution is 0.477. The standard InChI is InChI=1S/C20H25N5/c1-3-21-20(24(2)15-17-9-5-4-6-10-17)22-13-12-18-16-25-14-8-7-11-19(25)23-18/h4-11,14,16H,3,12-13,15H2,1-2H3,(H,21,22). The van der Waals surface area contributed by atoms with Gasteiger partial charge in [0.2, 0.25) is 0 Å². The van der Waals surface area contributed by atoms with E-state index in [4.69, 9.17) is 4.99 Å². The largest absolute Gasteiger partial charge is 0.357 e. The van der Waals surface area contributed by atoms with Crippen LogP contribution < -0.4 is 5.32 Å². The highest BCUT2D eigenvalue weighted by Crippen LogP contribution is 2.06. The Morgan fingerprint density at radius 2 is 1.96 bits per heavy atom. The van der Waals surface area contributed by atoms with Crippen molar-refractivity contribution < 1.29 is 0 Å². The second-order valence-corrected chi connectivity index (χ2v) is 6.03. The first kappa shape index (κ1) is 17.0. The van der Waals surface area contributed by atoms with Gasteiger partial charge in [0.1, 0.15) is 5.65 Å². The van der Waals surface area contributed by atoms with Crippen LogP contribution in [0, 0.1) is 0 Å². The molecule has 0 aliphatic carbocycles. The SMILES string of the molecule is CCNC(=NCCc1cn2ccccc2n1)N(C)Cc1ccccc1. The summed E-state index contributed by atoms with van der Waals surface area (Å²) < 4.78 is 2.05. The van der Waals surface area contributed by atoms with Gasteiger partial charge in [0, 0.05) is 45.5 Å². The first-order valence-electron chi connectivity index (χ1n) is 8.72. The van der Waals surface area contributed by atoms with E-state index >= 15 is 0 Å². The zero-order chi connectivity index (χ0) is 17.5. The maximum atomic E-state index is 4.76. The molecule has 0 spiro atoms. The molecule has 5 heteroatoms. The highest BCUT2D eigenvalue weighted by Gasteiger charge is 2.07. The van der Waals surface area contributed by atoms with Gasteiger partial charge in [0.25, 0.3) is 0 Å². The smallest absolute Gasteiger partial charge is 0.193 e. The van der Waals surface area contributed by atoms with E-state index in [0.29, 0.717) is 6.54 Å². The van der Waals surface area contributed by atoms with E-state index in [0.717, 1.165) is 36.8 Å². The number of benzene rings is 1. The van der Waals surface area contributed by atoms with Gasteiger partial charge in [-0.3, -0.25) is 4.99 Å². The second-order valence-electron chi connectivity index (χ2n) is 6.03. The van der Waals surface area contributed by atoms with Gasteiger partial charge in [-0.05, 0) is 24.6 Å². The number of imidazole rings is 1. The summed E-state index contributed by atoms with van der Waals surface area (Å²) in [6.45, 7) is 4.49. The Hall–Kier alpha value is -2.82. The molecule has 3 rings (SSSR count). The first-order chi connectivity index (χ1) is 12.3. The van der Waals surface area contributed by atoms with Crippen LogP contribution in [0.3, 0.4) is 0 Å². The van der Waals surface area contributed by atoms with Crippen LogP contribution in [0.25, 0.3) is 5.65 Å². The van der Waals surface area contributed by atoms with E-state index in [1.165, 1.54) is 5.56 Å². The van der Waals surface area contributed by atoms with Crippen LogP contribution in [-0.2, 0) is 13.0 Å². The van der Waals surface area contributed by atoms with Gasteiger partial charge < -0.3 is 14.6 Å². The minimum absolute atomic E-state index is 0.714. The summed E-state index contributed by atoms with van der Waals surface area (Å²) in [4.78, 5) is 11.5. The highest BCUT2D eigenvalue weighted by molar-refractivity contribution is 5.79. The van der Waals surface area contributed by atoms with Gasteiger partial charge in [-0.1, -0.05) is 36.4 Å². The molecule has 2 aromatic heterocycles. The van der Waals surface area contributed by atoms with Crippen LogP contribution in [-0.4, -0.2) is 40.4 Å². The number of fused-ring (bicyclic) bond motifs is 1. The summed E-state index contributed by atoms with van der Waals surface area (Å²) in [6, 6.07) is 16.5. The van der Waals surface area contributed by atoms with Crippen LogP contribution in [0.2, 0.25) is 0 Å². The number of aliphatic imine (C=N–C) groups is 1. The maximum Gasteiger partial charge on any atom is 0.193 e. The van der Waals surface area contributed by atoms with Crippen molar-refractivity contribution in [1.82, 2.24) is 19.6 Å². The van der Waals surface area contributed by atoms with E-state index in [-0.39, 0.29) is 0 Å². The summed E-state index contributed by atoms with van der Waals surface area (Å²) in [5.41, 5.74) is 3.32. The molecule has 0 amide bonds. The minimum Gasteiger partial charge on any atom is -0.357 e. The molecule has 0 bridgehead atoms. The van der Waals surface area contributed by atoms with Crippen LogP contribution in [0.1, 0.15) is 18.2 Å². The van der Waals surface area contributed by atoms with Crippen LogP contribution in [0.4, 0.5) is 0 Å². The van der Waals surface area contributed by atoms with Crippen molar-refractivity contribution in [2.45, 2.75) is 19.9 Å². The van der Waals surface area contributed by atoms with Crippen molar-refractivity contribution in [2.75, 3.05) is 20.1 Å². The minimum atomic E-state index is 0.714. The van der Waals surface area contributed by atoms with Gasteiger partial charge in [-0.15, -0.1) is 0 Å². The highest BCUT2D eigenvalue weighted by atomic mass is 15.3. The van der Waals surface area contributed by atoms with Crippen molar-refractivity contribution >= 4 is 11.6 Å². The Kier molecular flexibility index (Phi) is 5.67. The molecule has 130 valence electrons. The van der Waals surface area contributed by atoms with E-state index in [2.05, 4.69) is 59.6 Å². The number of hydrogen-bond acceptors (Lipinski definition) is 2. The van der Waals surface area contributed by atoms with Gasteiger partial charge >= 0.3 is 0 Å². The Morgan fingerprint density at radius 3 is 2.72 bits per heavy atom. The Morgan fingerprint density at radius 1 is 1.16 bits per heavy atom. The molecule has 0 atom stereocenters. The van der Waals surface area contributed by atoms with Crippen molar-refractivity contribution in [3.63, 3.8) is 0 Å². The van der Waals surface area contributed by atoms with E-state index in [9.17, 15) is 0 Å². The van der Waals surface area contributed by atoms with E-state index in [1.54, 1.807) is 0 Å². The molecule has 0 unspecified atom stereocenters. The number of nitrogens with zero attached hydrogens (tertiary/aromatic N) is 4. The van der Waals surface area contributed by atoms with Gasteiger partial charge in [-0.25, -0.2) is 4.98 Å². The van der Waals surface area contributed by atoms with Gasteiger partial charge in [-0.2, -0.15) is 0 Å². The molecule has 25 heavy (non-hydrogen) atoms. The zero-order valence-electron chi connectivity index (χ0n) is 14.9. The van der Waals surface area contributed by atoms with E-state index < -0.39 is 0 Å². The molecular formula is C20H25N5. The van der Waals surface area contributed by atoms with Gasteiger partial charge in [0.05, 0.1) is 5.69 Å². The molecule has 1 N–H and O–H groups in total. The fraction of sp³-hybridized carbons (Fsp3) is 0.300. The summed E-state index contributed by atoms with van der Waals surface area (Å²) in [5, 5.41) is 3.37.